The van der Waals surface area contributed by atoms with Crippen LogP contribution in [-0.4, -0.2) is 102 Å². The van der Waals surface area contributed by atoms with E-state index in [0.717, 1.165) is 4.57 Å². The first-order valence-corrected chi connectivity index (χ1v) is 10.3. The van der Waals surface area contributed by atoms with Crippen LogP contribution >= 0.6 is 0 Å². The van der Waals surface area contributed by atoms with E-state index in [1.807, 2.05) is 0 Å². The number of hydrogen-bond acceptors (Lipinski definition) is 13. The first-order chi connectivity index (χ1) is 16.6. The van der Waals surface area contributed by atoms with Crippen LogP contribution in [0.3, 0.4) is 0 Å². The average Bonchev–Trinajstić information content (AvgIpc) is 3.15. The molecule has 0 saturated carbocycles. The third-order valence-electron chi connectivity index (χ3n) is 4.94. The van der Waals surface area contributed by atoms with Gasteiger partial charge < -0.3 is 50.6 Å². The monoisotopic (exact) mass is 497 g/mol. The van der Waals surface area contributed by atoms with Crippen molar-refractivity contribution in [3.63, 3.8) is 0 Å². The van der Waals surface area contributed by atoms with E-state index in [4.69, 9.17) is 25.4 Å². The maximum absolute atomic E-state index is 11.7. The van der Waals surface area contributed by atoms with Crippen LogP contribution in [0.15, 0.2) is 47.4 Å². The van der Waals surface area contributed by atoms with Crippen molar-refractivity contribution in [2.45, 2.75) is 42.9 Å². The molecule has 0 bridgehead atoms. The Labute approximate surface area is 198 Å². The maximum Gasteiger partial charge on any atom is 0.351 e. The van der Waals surface area contributed by atoms with E-state index in [0.29, 0.717) is 0 Å². The highest BCUT2D eigenvalue weighted by atomic mass is 16.6. The zero-order chi connectivity index (χ0) is 26.1. The SMILES string of the molecule is Nc1ccn([C@@H]2O[C@H](CO)[C@@H](O)[C@H]2O)c(=O)n1.O=CC(O)C(OC(=O)c1ccccc1)C(O)CO. The highest BCUT2D eigenvalue weighted by Crippen LogP contribution is 2.27. The van der Waals surface area contributed by atoms with Crippen molar-refractivity contribution in [1.82, 2.24) is 9.55 Å². The van der Waals surface area contributed by atoms with Gasteiger partial charge in [-0.05, 0) is 18.2 Å². The molecule has 2 heterocycles. The fraction of sp³-hybridized carbons (Fsp3) is 0.429. The summed E-state index contributed by atoms with van der Waals surface area (Å²) in [5, 5.41) is 55.6. The molecule has 0 radical (unpaired) electrons. The van der Waals surface area contributed by atoms with Gasteiger partial charge in [-0.2, -0.15) is 4.98 Å². The molecule has 3 unspecified atom stereocenters. The number of aliphatic hydroxyl groups excluding tert-OH is 6. The lowest BCUT2D eigenvalue weighted by Crippen LogP contribution is -2.43. The van der Waals surface area contributed by atoms with Gasteiger partial charge >= 0.3 is 11.7 Å². The summed E-state index contributed by atoms with van der Waals surface area (Å²) < 4.78 is 11.0. The zero-order valence-corrected chi connectivity index (χ0v) is 18.3. The fourth-order valence-electron chi connectivity index (χ4n) is 3.05. The van der Waals surface area contributed by atoms with Gasteiger partial charge in [0.2, 0.25) is 0 Å². The van der Waals surface area contributed by atoms with Crippen molar-refractivity contribution in [3.05, 3.63) is 58.6 Å². The smallest absolute Gasteiger partial charge is 0.351 e. The summed E-state index contributed by atoms with van der Waals surface area (Å²) in [5.41, 5.74) is 4.84. The second-order valence-corrected chi connectivity index (χ2v) is 7.38. The van der Waals surface area contributed by atoms with Crippen molar-refractivity contribution in [2.75, 3.05) is 18.9 Å². The number of carbonyl (C=O) groups excluding carboxylic acids is 2. The number of rotatable bonds is 8. The Morgan fingerprint density at radius 1 is 1.17 bits per heavy atom. The minimum Gasteiger partial charge on any atom is -0.453 e. The number of nitrogens with zero attached hydrogens (tertiary/aromatic N) is 2. The van der Waals surface area contributed by atoms with E-state index < -0.39 is 67.7 Å². The minimum absolute atomic E-state index is 0.0537. The number of nitrogen functional groups attached to an aromatic ring is 1. The quantitative estimate of drug-likeness (QED) is 0.139. The van der Waals surface area contributed by atoms with E-state index in [-0.39, 0.29) is 17.7 Å². The Bertz CT molecular complexity index is 1020. The molecule has 2 aromatic rings. The van der Waals surface area contributed by atoms with Crippen LogP contribution in [0.5, 0.6) is 0 Å². The van der Waals surface area contributed by atoms with E-state index in [2.05, 4.69) is 4.98 Å². The van der Waals surface area contributed by atoms with Gasteiger partial charge in [0.15, 0.2) is 18.6 Å². The summed E-state index contributed by atoms with van der Waals surface area (Å²) in [5.74, 6) is -0.744. The number of aromatic nitrogens is 2. The molecule has 1 aromatic carbocycles. The number of hydrogen-bond donors (Lipinski definition) is 7. The highest BCUT2D eigenvalue weighted by molar-refractivity contribution is 5.89. The summed E-state index contributed by atoms with van der Waals surface area (Å²) in [4.78, 5) is 37.1. The van der Waals surface area contributed by atoms with Crippen LogP contribution in [0.25, 0.3) is 0 Å². The maximum atomic E-state index is 11.7. The average molecular weight is 497 g/mol. The lowest BCUT2D eigenvalue weighted by Gasteiger charge is -2.23. The molecule has 0 spiro atoms. The minimum atomic E-state index is -1.69. The first-order valence-electron chi connectivity index (χ1n) is 10.3. The van der Waals surface area contributed by atoms with E-state index in [1.165, 1.54) is 24.4 Å². The topological polar surface area (TPSA) is 235 Å². The molecule has 1 fully saturated rings. The van der Waals surface area contributed by atoms with E-state index in [9.17, 15) is 34.8 Å². The number of ether oxygens (including phenoxy) is 2. The Hall–Kier alpha value is -3.24. The lowest BCUT2D eigenvalue weighted by atomic mass is 10.1. The third kappa shape index (κ3) is 7.12. The molecule has 35 heavy (non-hydrogen) atoms. The van der Waals surface area contributed by atoms with Gasteiger partial charge in [0.05, 0.1) is 18.8 Å². The second-order valence-electron chi connectivity index (χ2n) is 7.38. The molecule has 1 aromatic heterocycles. The van der Waals surface area contributed by atoms with Crippen LogP contribution in [-0.2, 0) is 14.3 Å². The molecule has 0 aliphatic carbocycles. The van der Waals surface area contributed by atoms with E-state index >= 15 is 0 Å². The van der Waals surface area contributed by atoms with Crippen molar-refractivity contribution in [1.29, 1.82) is 0 Å². The summed E-state index contributed by atoms with van der Waals surface area (Å²) in [6.45, 7) is -1.19. The molecule has 14 nitrogen and oxygen atoms in total. The van der Waals surface area contributed by atoms with Gasteiger partial charge in [0.1, 0.15) is 36.3 Å². The molecule has 8 N–H and O–H groups in total. The number of esters is 1. The molecular weight excluding hydrogens is 470 g/mol. The summed E-state index contributed by atoms with van der Waals surface area (Å²) >= 11 is 0. The molecule has 1 aliphatic rings. The van der Waals surface area contributed by atoms with Gasteiger partial charge in [-0.15, -0.1) is 0 Å². The van der Waals surface area contributed by atoms with E-state index in [1.54, 1.807) is 18.2 Å². The number of nitrogens with two attached hydrogens (primary N) is 1. The molecule has 192 valence electrons. The van der Waals surface area contributed by atoms with Crippen molar-refractivity contribution >= 4 is 18.1 Å². The molecule has 7 atom stereocenters. The zero-order valence-electron chi connectivity index (χ0n) is 18.3. The van der Waals surface area contributed by atoms with Crippen LogP contribution < -0.4 is 11.4 Å². The first kappa shape index (κ1) is 28.0. The standard InChI is InChI=1S/C12H14O6.C9H13N3O5/c13-6-9(15)11(10(16)7-14)18-12(17)8-4-2-1-3-5-8;10-5-1-2-12(9(16)11-5)8-7(15)6(14)4(3-13)17-8/h1-6,9-11,14-16H,7H2;1-2,4,6-8,13-15H,3H2,(H2,10,11,16)/t;4-,6-,7-,8-/m.1/s1. The fourth-order valence-corrected chi connectivity index (χ4v) is 3.05. The number of aldehydes is 1. The van der Waals surface area contributed by atoms with Crippen LogP contribution in [0, 0.1) is 0 Å². The normalized spacial score (nSPS) is 23.9. The molecule has 1 saturated heterocycles. The van der Waals surface area contributed by atoms with Crippen molar-refractivity contribution < 1.29 is 49.7 Å². The number of carbonyl (C=O) groups is 2. The molecular formula is C21H27N3O11. The number of aliphatic hydroxyl groups is 6. The highest BCUT2D eigenvalue weighted by Gasteiger charge is 2.43. The molecule has 3 rings (SSSR count). The molecule has 14 heteroatoms. The predicted octanol–water partition coefficient (Wildman–Crippen LogP) is -3.44. The Morgan fingerprint density at radius 3 is 2.34 bits per heavy atom. The van der Waals surface area contributed by atoms with Gasteiger partial charge in [-0.1, -0.05) is 18.2 Å². The second kappa shape index (κ2) is 13.0. The van der Waals surface area contributed by atoms with Crippen LogP contribution in [0.2, 0.25) is 0 Å². The Morgan fingerprint density at radius 2 is 1.83 bits per heavy atom. The lowest BCUT2D eigenvalue weighted by molar-refractivity contribution is -0.129. The van der Waals surface area contributed by atoms with Gasteiger partial charge in [0, 0.05) is 6.20 Å². The van der Waals surface area contributed by atoms with Crippen molar-refractivity contribution in [3.8, 4) is 0 Å². The Kier molecular flexibility index (Phi) is 10.4. The predicted molar refractivity (Wildman–Crippen MR) is 117 cm³/mol. The largest absolute Gasteiger partial charge is 0.453 e. The van der Waals surface area contributed by atoms with Gasteiger partial charge in [0.25, 0.3) is 0 Å². The van der Waals surface area contributed by atoms with Gasteiger partial charge in [-0.25, -0.2) is 9.59 Å². The summed E-state index contributed by atoms with van der Waals surface area (Å²) in [6.07, 6.45) is -7.86. The third-order valence-corrected chi connectivity index (χ3v) is 4.94. The number of anilines is 1. The van der Waals surface area contributed by atoms with Gasteiger partial charge in [-0.3, -0.25) is 4.57 Å². The summed E-state index contributed by atoms with van der Waals surface area (Å²) in [7, 11) is 0. The Balaban J connectivity index is 0.000000247. The summed E-state index contributed by atoms with van der Waals surface area (Å²) in [6, 6.07) is 9.28. The van der Waals surface area contributed by atoms with Crippen LogP contribution in [0.4, 0.5) is 5.82 Å². The van der Waals surface area contributed by atoms with Crippen LogP contribution in [0.1, 0.15) is 16.6 Å². The molecule has 1 aliphatic heterocycles. The molecule has 0 amide bonds. The number of benzene rings is 1. The van der Waals surface area contributed by atoms with Crippen molar-refractivity contribution in [2.24, 2.45) is 0 Å².